The van der Waals surface area contributed by atoms with E-state index in [-0.39, 0.29) is 32.3 Å². The molecule has 5 rings (SSSR count). The van der Waals surface area contributed by atoms with Gasteiger partial charge in [-0.3, -0.25) is 0 Å². The molecule has 0 spiro atoms. The minimum absolute atomic E-state index is 0. The van der Waals surface area contributed by atoms with Gasteiger partial charge in [-0.05, 0) is 49.4 Å². The molecule has 0 amide bonds. The minimum Gasteiger partial charge on any atom is -0.0622 e. The third-order valence-electron chi connectivity index (χ3n) is 6.32. The molecule has 0 radical (unpaired) electrons. The van der Waals surface area contributed by atoms with Crippen LogP contribution in [-0.2, 0) is 60.8 Å². The molecule has 0 N–H and O–H groups in total. The molecule has 0 aromatic heterocycles. The number of carbonyl (C=O) groups is 2. The third-order valence-corrected chi connectivity index (χ3v) is 19.0. The second kappa shape index (κ2) is 19.7. The fourth-order valence-electron chi connectivity index (χ4n) is 4.26. The van der Waals surface area contributed by atoms with Crippen LogP contribution in [0.1, 0.15) is 0 Å². The van der Waals surface area contributed by atoms with Crippen molar-refractivity contribution in [2.24, 2.45) is 0 Å². The van der Waals surface area contributed by atoms with Gasteiger partial charge >= 0.3 is 133 Å². The number of hydrogen-bond acceptors (Lipinski definition) is 6. The van der Waals surface area contributed by atoms with Gasteiger partial charge in [0.05, 0.1) is 0 Å². The zero-order valence-electron chi connectivity index (χ0n) is 24.4. The van der Waals surface area contributed by atoms with Crippen LogP contribution in [0.25, 0.3) is 0 Å². The third kappa shape index (κ3) is 10.8. The van der Waals surface area contributed by atoms with Crippen LogP contribution in [-0.4, -0.2) is 68.4 Å². The summed E-state index contributed by atoms with van der Waals surface area (Å²) in [5.41, 5.74) is 0. The van der Waals surface area contributed by atoms with Gasteiger partial charge in [0.25, 0.3) is 0 Å². The Hall–Kier alpha value is -1.87. The molecule has 0 saturated heterocycles. The summed E-state index contributed by atoms with van der Waals surface area (Å²) in [5.74, 6) is -1.04. The first-order chi connectivity index (χ1) is 21.4. The summed E-state index contributed by atoms with van der Waals surface area (Å²) in [6.07, 6.45) is 2.41. The maximum Gasteiger partial charge on any atom is 2.00 e. The van der Waals surface area contributed by atoms with Gasteiger partial charge < -0.3 is 0 Å². The van der Waals surface area contributed by atoms with Crippen molar-refractivity contribution >= 4 is 104 Å². The monoisotopic (exact) mass is 846 g/mol. The maximum absolute atomic E-state index is 11.5. The zero-order valence-corrected chi connectivity index (χ0v) is 32.3. The molecule has 0 saturated carbocycles. The van der Waals surface area contributed by atoms with Crippen LogP contribution in [0.2, 0.25) is 0 Å². The van der Waals surface area contributed by atoms with Crippen molar-refractivity contribution in [3.05, 3.63) is 138 Å². The van der Waals surface area contributed by atoms with Gasteiger partial charge in [0, 0.05) is 0 Å². The number of hydrogen-bond donors (Lipinski definition) is 0. The van der Waals surface area contributed by atoms with Crippen LogP contribution in [0.15, 0.2) is 138 Å². The first-order valence-electron chi connectivity index (χ1n) is 13.5. The zero-order chi connectivity index (χ0) is 31.3. The largest absolute Gasteiger partial charge is 2.00 e. The van der Waals surface area contributed by atoms with Gasteiger partial charge in [0.15, 0.2) is 0 Å². The van der Waals surface area contributed by atoms with E-state index in [9.17, 15) is 9.59 Å². The summed E-state index contributed by atoms with van der Waals surface area (Å²) in [4.78, 5) is 23.0. The van der Waals surface area contributed by atoms with E-state index in [4.69, 9.17) is 25.3 Å². The number of benzene rings is 4. The minimum atomic E-state index is -0.521. The Balaban J connectivity index is 0.000000279. The molecule has 1 aliphatic rings. The number of esters is 2. The van der Waals surface area contributed by atoms with E-state index in [0.29, 0.717) is 16.6 Å². The van der Waals surface area contributed by atoms with Gasteiger partial charge in [-0.15, -0.1) is 0 Å². The van der Waals surface area contributed by atoms with Crippen molar-refractivity contribution in [1.29, 1.82) is 0 Å². The molecule has 4 nitrogen and oxygen atoms in total. The van der Waals surface area contributed by atoms with Crippen molar-refractivity contribution in [3.63, 3.8) is 0 Å². The van der Waals surface area contributed by atoms with Crippen molar-refractivity contribution in [1.82, 2.24) is 0 Å². The van der Waals surface area contributed by atoms with Gasteiger partial charge in [0.1, 0.15) is 0 Å². The van der Waals surface area contributed by atoms with E-state index in [0.717, 1.165) is 0 Å². The molecule has 0 bridgehead atoms. The quantitative estimate of drug-likeness (QED) is 0.108. The van der Waals surface area contributed by atoms with Gasteiger partial charge in [-0.2, -0.15) is 0 Å². The average Bonchev–Trinajstić information content (AvgIpc) is 3.09. The summed E-state index contributed by atoms with van der Waals surface area (Å²) in [7, 11) is 1.84. The first-order valence-corrected chi connectivity index (χ1v) is 20.8. The van der Waals surface area contributed by atoms with Crippen molar-refractivity contribution in [2.45, 2.75) is 0 Å². The fourth-order valence-corrected chi connectivity index (χ4v) is 15.3. The molecule has 0 fully saturated rings. The first kappa shape index (κ1) is 37.6. The van der Waals surface area contributed by atoms with Gasteiger partial charge in [-0.1, -0.05) is 121 Å². The van der Waals surface area contributed by atoms with Gasteiger partial charge in [-0.25, -0.2) is 0 Å². The Morgan fingerprint density at radius 3 is 1.00 bits per heavy atom. The molecule has 0 aliphatic carbocycles. The van der Waals surface area contributed by atoms with E-state index in [1.54, 1.807) is 0 Å². The molecule has 0 atom stereocenters. The summed E-state index contributed by atoms with van der Waals surface area (Å²) in [5, 5.41) is 5.89. The molecular formula is C34H30NiO4P2S2Se2. The Kier molecular flexibility index (Phi) is 16.5. The Morgan fingerprint density at radius 1 is 0.533 bits per heavy atom. The van der Waals surface area contributed by atoms with E-state index in [2.05, 4.69) is 131 Å². The normalized spacial score (nSPS) is 12.6. The Bertz CT molecular complexity index is 1400. The van der Waals surface area contributed by atoms with Crippen LogP contribution in [0.3, 0.4) is 0 Å². The number of ether oxygens (including phenoxy) is 2. The molecule has 1 aliphatic heterocycles. The molecule has 0 unspecified atom stereocenters. The summed E-state index contributed by atoms with van der Waals surface area (Å²) < 4.78 is 11.1. The standard InChI is InChI=1S/C26H24P2.C8H8O4S2Se2.Ni/c1-5-13-23(14-6-1)27(24-15-7-2-8-16-24)21-22-28(25-17-9-3-10-18-25)26-19-11-4-12-20-26;1-11-5(9)3-4(6(10)12-2)16-8(14)7(13)15-3;/h1-20H,21-22H2;13-14H,1-2H3;/q;;+2/p-2. The van der Waals surface area contributed by atoms with E-state index in [1.165, 1.54) is 47.8 Å². The molecule has 4 aromatic rings. The van der Waals surface area contributed by atoms with Crippen molar-refractivity contribution < 1.29 is 35.6 Å². The summed E-state index contributed by atoms with van der Waals surface area (Å²) >= 11 is 9.29. The molecule has 234 valence electrons. The van der Waals surface area contributed by atoms with Crippen LogP contribution >= 0.6 is 15.8 Å². The molecular weight excluding hydrogens is 815 g/mol. The maximum atomic E-state index is 11.5. The molecule has 45 heavy (non-hydrogen) atoms. The van der Waals surface area contributed by atoms with Crippen LogP contribution < -0.4 is 21.2 Å². The van der Waals surface area contributed by atoms with Crippen LogP contribution in [0, 0.1) is 0 Å². The molecule has 1 heterocycles. The predicted octanol–water partition coefficient (Wildman–Crippen LogP) is 4.44. The number of carbonyl (C=O) groups excluding carboxylic acids is 2. The SMILES string of the molecule is COC(=O)C1=C(C(=O)OC)[Se]C([S-])=C([S-])[Se]1.[Ni+2].c1ccc(P(CCP(c2ccccc2)c2ccccc2)c2ccccc2)cc1. The van der Waals surface area contributed by atoms with E-state index < -0.39 is 41.9 Å². The Labute approximate surface area is 301 Å². The van der Waals surface area contributed by atoms with Crippen LogP contribution in [0.5, 0.6) is 0 Å². The topological polar surface area (TPSA) is 52.6 Å². The summed E-state index contributed by atoms with van der Waals surface area (Å²) in [6.45, 7) is 0. The van der Waals surface area contributed by atoms with E-state index in [1.807, 2.05) is 0 Å². The summed E-state index contributed by atoms with van der Waals surface area (Å²) in [6, 6.07) is 44.2. The molecule has 11 heteroatoms. The molecule has 4 aromatic carbocycles. The fraction of sp³-hybridized carbons (Fsp3) is 0.118. The van der Waals surface area contributed by atoms with E-state index >= 15 is 0 Å². The van der Waals surface area contributed by atoms with Crippen molar-refractivity contribution in [3.8, 4) is 0 Å². The smallest absolute Gasteiger partial charge is 0.0622 e. The second-order valence-corrected chi connectivity index (χ2v) is 20.0. The second-order valence-electron chi connectivity index (χ2n) is 9.07. The number of rotatable bonds is 9. The predicted molar refractivity (Wildman–Crippen MR) is 192 cm³/mol. The van der Waals surface area contributed by atoms with Gasteiger partial charge in [0.2, 0.25) is 0 Å². The Morgan fingerprint density at radius 2 is 0.778 bits per heavy atom. The number of methoxy groups -OCH3 is 2. The average molecular weight is 845 g/mol. The van der Waals surface area contributed by atoms with Crippen LogP contribution in [0.4, 0.5) is 0 Å². The van der Waals surface area contributed by atoms with Crippen molar-refractivity contribution in [2.75, 3.05) is 26.5 Å².